The maximum Gasteiger partial charge on any atom is 0.271 e. The smallest absolute Gasteiger partial charge is 0.271 e. The molecule has 0 amide bonds. The minimum absolute atomic E-state index is 0.445. The number of hydrogen-bond acceptors (Lipinski definition) is 4. The van der Waals surface area contributed by atoms with Crippen molar-refractivity contribution in [2.24, 2.45) is 0 Å². The molecular formula is C16H14O2S2. The highest BCUT2D eigenvalue weighted by molar-refractivity contribution is 8.24. The molecule has 0 saturated heterocycles. The predicted octanol–water partition coefficient (Wildman–Crippen LogP) is 4.24. The van der Waals surface area contributed by atoms with Gasteiger partial charge in [-0.25, -0.2) is 0 Å². The average molecular weight is 302 g/mol. The van der Waals surface area contributed by atoms with Gasteiger partial charge in [0.15, 0.2) is 0 Å². The summed E-state index contributed by atoms with van der Waals surface area (Å²) >= 11 is 1.95. The first-order chi connectivity index (χ1) is 9.54. The van der Waals surface area contributed by atoms with Gasteiger partial charge in [-0.05, 0) is 61.6 Å². The van der Waals surface area contributed by atoms with Gasteiger partial charge in [0.2, 0.25) is 0 Å². The maximum absolute atomic E-state index is 11.9. The van der Waals surface area contributed by atoms with Crippen LogP contribution >= 0.6 is 23.5 Å². The van der Waals surface area contributed by atoms with Crippen LogP contribution in [0.2, 0.25) is 0 Å². The highest BCUT2D eigenvalue weighted by Gasteiger charge is 2.16. The lowest BCUT2D eigenvalue weighted by molar-refractivity contribution is -0.126. The zero-order valence-electron chi connectivity index (χ0n) is 11.3. The number of carbonyl (C=O) groups is 2. The third kappa shape index (κ3) is 4.25. The highest BCUT2D eigenvalue weighted by atomic mass is 32.2. The molecule has 20 heavy (non-hydrogen) atoms. The fraction of sp³-hybridized carbons (Fsp3) is 0.125. The van der Waals surface area contributed by atoms with Crippen LogP contribution in [0.4, 0.5) is 0 Å². The van der Waals surface area contributed by atoms with E-state index in [1.54, 1.807) is 0 Å². The molecule has 0 N–H and O–H groups in total. The van der Waals surface area contributed by atoms with Crippen LogP contribution in [0.25, 0.3) is 0 Å². The summed E-state index contributed by atoms with van der Waals surface area (Å²) in [4.78, 5) is 25.3. The molecule has 102 valence electrons. The van der Waals surface area contributed by atoms with Crippen LogP contribution < -0.4 is 0 Å². The van der Waals surface area contributed by atoms with Gasteiger partial charge in [-0.1, -0.05) is 35.4 Å². The fourth-order valence-corrected chi connectivity index (χ4v) is 2.90. The summed E-state index contributed by atoms with van der Waals surface area (Å²) < 4.78 is 0. The van der Waals surface area contributed by atoms with Gasteiger partial charge in [-0.15, -0.1) is 0 Å². The van der Waals surface area contributed by atoms with Crippen molar-refractivity contribution in [1.29, 1.82) is 0 Å². The molecule has 0 heterocycles. The van der Waals surface area contributed by atoms with Gasteiger partial charge >= 0.3 is 0 Å². The Morgan fingerprint density at radius 3 is 1.25 bits per heavy atom. The Kier molecular flexibility index (Phi) is 5.04. The van der Waals surface area contributed by atoms with Crippen molar-refractivity contribution in [3.8, 4) is 0 Å². The minimum atomic E-state index is -0.445. The topological polar surface area (TPSA) is 34.1 Å². The van der Waals surface area contributed by atoms with Crippen molar-refractivity contribution in [2.75, 3.05) is 0 Å². The number of hydrogen-bond donors (Lipinski definition) is 0. The molecule has 4 heteroatoms. The first-order valence-electron chi connectivity index (χ1n) is 6.12. The number of benzene rings is 2. The molecule has 2 aromatic rings. The van der Waals surface area contributed by atoms with E-state index < -0.39 is 10.2 Å². The van der Waals surface area contributed by atoms with Crippen molar-refractivity contribution in [3.05, 3.63) is 59.7 Å². The average Bonchev–Trinajstić information content (AvgIpc) is 2.44. The number of carbonyl (C=O) groups excluding carboxylic acids is 2. The molecule has 2 aromatic carbocycles. The normalized spacial score (nSPS) is 10.3. The summed E-state index contributed by atoms with van der Waals surface area (Å²) in [7, 11) is 0. The molecule has 2 rings (SSSR count). The minimum Gasteiger partial charge on any atom is -0.277 e. The largest absolute Gasteiger partial charge is 0.277 e. The third-order valence-electron chi connectivity index (χ3n) is 2.63. The summed E-state index contributed by atoms with van der Waals surface area (Å²) in [6, 6.07) is 15.1. The summed E-state index contributed by atoms with van der Waals surface area (Å²) in [5.74, 6) is 0. The number of aryl methyl sites for hydroxylation is 2. The Hall–Kier alpha value is -1.52. The van der Waals surface area contributed by atoms with E-state index >= 15 is 0 Å². The Labute approximate surface area is 127 Å². The zero-order chi connectivity index (χ0) is 14.5. The summed E-state index contributed by atoms with van der Waals surface area (Å²) in [5.41, 5.74) is 2.25. The second kappa shape index (κ2) is 6.77. The lowest BCUT2D eigenvalue weighted by atomic mass is 10.2. The van der Waals surface area contributed by atoms with Gasteiger partial charge < -0.3 is 0 Å². The third-order valence-corrected chi connectivity index (χ3v) is 4.52. The lowest BCUT2D eigenvalue weighted by Crippen LogP contribution is -2.04. The van der Waals surface area contributed by atoms with Crippen LogP contribution in [0, 0.1) is 13.8 Å². The molecule has 0 aliphatic heterocycles. The highest BCUT2D eigenvalue weighted by Crippen LogP contribution is 2.25. The monoisotopic (exact) mass is 302 g/mol. The standard InChI is InChI=1S/C16H14O2S2/c1-11-3-7-13(8-4-11)19-15(17)16(18)20-14-9-5-12(2)6-10-14/h3-10H,1-2H3. The Morgan fingerprint density at radius 2 is 0.950 bits per heavy atom. The van der Waals surface area contributed by atoms with Crippen molar-refractivity contribution in [3.63, 3.8) is 0 Å². The van der Waals surface area contributed by atoms with E-state index in [1.165, 1.54) is 0 Å². The summed E-state index contributed by atoms with van der Waals surface area (Å²) in [5, 5.41) is -0.890. The van der Waals surface area contributed by atoms with Crippen LogP contribution in [-0.2, 0) is 9.59 Å². The first-order valence-corrected chi connectivity index (χ1v) is 7.75. The SMILES string of the molecule is Cc1ccc(SC(=O)C(=O)Sc2ccc(C)cc2)cc1. The molecule has 0 unspecified atom stereocenters. The van der Waals surface area contributed by atoms with Crippen LogP contribution in [0.3, 0.4) is 0 Å². The van der Waals surface area contributed by atoms with E-state index in [9.17, 15) is 9.59 Å². The van der Waals surface area contributed by atoms with Crippen molar-refractivity contribution >= 4 is 33.8 Å². The molecule has 0 aliphatic rings. The summed E-state index contributed by atoms with van der Waals surface area (Å²) in [6.07, 6.45) is 0. The molecule has 0 fully saturated rings. The van der Waals surface area contributed by atoms with Gasteiger partial charge in [0.1, 0.15) is 0 Å². The molecule has 0 atom stereocenters. The summed E-state index contributed by atoms with van der Waals surface area (Å²) in [6.45, 7) is 3.96. The molecule has 2 nitrogen and oxygen atoms in total. The second-order valence-corrected chi connectivity index (χ2v) is 6.50. The molecule has 0 radical (unpaired) electrons. The number of rotatable bonds is 2. The molecule has 0 spiro atoms. The molecule has 0 saturated carbocycles. The molecular weight excluding hydrogens is 288 g/mol. The molecule has 0 aliphatic carbocycles. The maximum atomic E-state index is 11.9. The zero-order valence-corrected chi connectivity index (χ0v) is 12.9. The quantitative estimate of drug-likeness (QED) is 0.614. The van der Waals surface area contributed by atoms with Gasteiger partial charge in [-0.3, -0.25) is 9.59 Å². The van der Waals surface area contributed by atoms with Crippen LogP contribution in [0.5, 0.6) is 0 Å². The van der Waals surface area contributed by atoms with Crippen LogP contribution in [0.1, 0.15) is 11.1 Å². The van der Waals surface area contributed by atoms with Crippen molar-refractivity contribution in [1.82, 2.24) is 0 Å². The lowest BCUT2D eigenvalue weighted by Gasteiger charge is -2.01. The van der Waals surface area contributed by atoms with Crippen LogP contribution in [-0.4, -0.2) is 10.2 Å². The Morgan fingerprint density at radius 1 is 0.650 bits per heavy atom. The van der Waals surface area contributed by atoms with Crippen molar-refractivity contribution < 1.29 is 9.59 Å². The van der Waals surface area contributed by atoms with Gasteiger partial charge in [0, 0.05) is 9.79 Å². The van der Waals surface area contributed by atoms with Crippen LogP contribution in [0.15, 0.2) is 58.3 Å². The second-order valence-electron chi connectivity index (χ2n) is 4.41. The van der Waals surface area contributed by atoms with Gasteiger partial charge in [0.25, 0.3) is 10.2 Å². The van der Waals surface area contributed by atoms with E-state index in [0.29, 0.717) is 0 Å². The fourth-order valence-electron chi connectivity index (χ4n) is 1.51. The molecule has 0 bridgehead atoms. The van der Waals surface area contributed by atoms with Crippen molar-refractivity contribution in [2.45, 2.75) is 23.6 Å². The Balaban J connectivity index is 1.96. The van der Waals surface area contributed by atoms with E-state index in [4.69, 9.17) is 0 Å². The van der Waals surface area contributed by atoms with E-state index in [1.807, 2.05) is 62.4 Å². The molecule has 0 aromatic heterocycles. The van der Waals surface area contributed by atoms with Gasteiger partial charge in [-0.2, -0.15) is 0 Å². The number of thioether (sulfide) groups is 2. The van der Waals surface area contributed by atoms with E-state index in [0.717, 1.165) is 44.4 Å². The first kappa shape index (κ1) is 14.9. The van der Waals surface area contributed by atoms with E-state index in [2.05, 4.69) is 0 Å². The predicted molar refractivity (Wildman–Crippen MR) is 84.1 cm³/mol. The Bertz CT molecular complexity index is 558. The van der Waals surface area contributed by atoms with Gasteiger partial charge in [0.05, 0.1) is 0 Å². The van der Waals surface area contributed by atoms with E-state index in [-0.39, 0.29) is 0 Å².